The van der Waals surface area contributed by atoms with Crippen LogP contribution in [-0.4, -0.2) is 61.8 Å². The molecule has 7 heteroatoms. The minimum absolute atomic E-state index is 0.0232. The van der Waals surface area contributed by atoms with Gasteiger partial charge in [-0.1, -0.05) is 6.07 Å². The molecular formula is C19H28N2O5. The van der Waals surface area contributed by atoms with E-state index in [0.717, 1.165) is 24.8 Å². The van der Waals surface area contributed by atoms with Crippen LogP contribution in [-0.2, 0) is 16.0 Å². The Morgan fingerprint density at radius 2 is 2.00 bits per heavy atom. The maximum Gasteiger partial charge on any atom is 0.312 e. The Labute approximate surface area is 154 Å². The Kier molecular flexibility index (Phi) is 7.72. The van der Waals surface area contributed by atoms with Gasteiger partial charge in [-0.2, -0.15) is 0 Å². The number of amides is 2. The smallest absolute Gasteiger partial charge is 0.312 e. The monoisotopic (exact) mass is 364 g/mol. The number of hydrogen-bond acceptors (Lipinski definition) is 5. The average molecular weight is 364 g/mol. The Morgan fingerprint density at radius 1 is 1.23 bits per heavy atom. The van der Waals surface area contributed by atoms with Crippen LogP contribution >= 0.6 is 0 Å². The van der Waals surface area contributed by atoms with Crippen LogP contribution in [0.15, 0.2) is 18.2 Å². The zero-order chi connectivity index (χ0) is 18.9. The first-order chi connectivity index (χ1) is 12.6. The summed E-state index contributed by atoms with van der Waals surface area (Å²) < 4.78 is 10.5. The van der Waals surface area contributed by atoms with Gasteiger partial charge in [0, 0.05) is 25.7 Å². The Morgan fingerprint density at radius 3 is 2.69 bits per heavy atom. The first kappa shape index (κ1) is 20.0. The highest BCUT2D eigenvalue weighted by Crippen LogP contribution is 2.27. The molecule has 0 bridgehead atoms. The maximum absolute atomic E-state index is 12.4. The quantitative estimate of drug-likeness (QED) is 0.708. The molecule has 0 saturated carbocycles. The van der Waals surface area contributed by atoms with Crippen molar-refractivity contribution >= 4 is 11.8 Å². The highest BCUT2D eigenvalue weighted by Gasteiger charge is 2.30. The number of carbonyl (C=O) groups excluding carboxylic acids is 2. The zero-order valence-corrected chi connectivity index (χ0v) is 15.5. The van der Waals surface area contributed by atoms with Gasteiger partial charge in [0.2, 0.25) is 0 Å². The molecule has 1 heterocycles. The molecule has 1 aliphatic rings. The van der Waals surface area contributed by atoms with Crippen molar-refractivity contribution in [1.29, 1.82) is 0 Å². The third-order valence-electron chi connectivity index (χ3n) is 4.69. The van der Waals surface area contributed by atoms with Crippen molar-refractivity contribution < 1.29 is 24.2 Å². The molecule has 1 saturated heterocycles. The molecule has 2 N–H and O–H groups in total. The van der Waals surface area contributed by atoms with Crippen molar-refractivity contribution in [3.8, 4) is 11.5 Å². The van der Waals surface area contributed by atoms with E-state index in [0.29, 0.717) is 37.4 Å². The van der Waals surface area contributed by atoms with E-state index in [1.165, 1.54) is 0 Å². The van der Waals surface area contributed by atoms with Gasteiger partial charge in [0.1, 0.15) is 0 Å². The van der Waals surface area contributed by atoms with Crippen LogP contribution in [0.2, 0.25) is 0 Å². The number of carbonyl (C=O) groups is 2. The lowest BCUT2D eigenvalue weighted by atomic mass is 9.99. The fourth-order valence-electron chi connectivity index (χ4n) is 3.28. The lowest BCUT2D eigenvalue weighted by molar-refractivity contribution is -0.148. The minimum atomic E-state index is -0.588. The molecule has 0 spiro atoms. The Hall–Kier alpha value is -2.28. The minimum Gasteiger partial charge on any atom is -0.493 e. The molecule has 1 fully saturated rings. The summed E-state index contributed by atoms with van der Waals surface area (Å²) >= 11 is 0. The van der Waals surface area contributed by atoms with Gasteiger partial charge in [0.15, 0.2) is 11.5 Å². The number of methoxy groups -OCH3 is 2. The summed E-state index contributed by atoms with van der Waals surface area (Å²) in [5, 5.41) is 11.8. The van der Waals surface area contributed by atoms with Gasteiger partial charge in [0.05, 0.1) is 14.2 Å². The number of aliphatic hydroxyl groups excluding tert-OH is 1. The average Bonchev–Trinajstić information content (AvgIpc) is 2.67. The first-order valence-corrected chi connectivity index (χ1v) is 9.01. The number of nitrogens with zero attached hydrogens (tertiary/aromatic N) is 1. The van der Waals surface area contributed by atoms with E-state index in [1.54, 1.807) is 19.1 Å². The lowest BCUT2D eigenvalue weighted by Gasteiger charge is -2.35. The molecule has 0 radical (unpaired) electrons. The zero-order valence-electron chi connectivity index (χ0n) is 15.5. The summed E-state index contributed by atoms with van der Waals surface area (Å²) in [7, 11) is 3.15. The number of nitrogens with one attached hydrogen (secondary N) is 1. The summed E-state index contributed by atoms with van der Waals surface area (Å²) in [6, 6.07) is 5.53. The number of benzene rings is 1. The molecule has 2 rings (SSSR count). The van der Waals surface area contributed by atoms with E-state index in [9.17, 15) is 9.59 Å². The predicted molar refractivity (Wildman–Crippen MR) is 97.3 cm³/mol. The molecule has 144 valence electrons. The van der Waals surface area contributed by atoms with Crippen LogP contribution in [0.25, 0.3) is 0 Å². The largest absolute Gasteiger partial charge is 0.493 e. The van der Waals surface area contributed by atoms with Crippen LogP contribution in [0.4, 0.5) is 0 Å². The fourth-order valence-corrected chi connectivity index (χ4v) is 3.28. The highest BCUT2D eigenvalue weighted by atomic mass is 16.5. The van der Waals surface area contributed by atoms with Crippen molar-refractivity contribution in [2.45, 2.75) is 38.1 Å². The summed E-state index contributed by atoms with van der Waals surface area (Å²) in [6.45, 7) is 0.959. The van der Waals surface area contributed by atoms with Crippen molar-refractivity contribution in [2.24, 2.45) is 0 Å². The van der Waals surface area contributed by atoms with Crippen LogP contribution in [0.1, 0.15) is 31.2 Å². The standard InChI is InChI=1S/C19H28N2O5/c1-25-16-7-6-14(13-17(16)26-2)8-10-20-18(23)19(24)21-11-4-3-5-15(21)9-12-22/h6-7,13,15,22H,3-5,8-12H2,1-2H3,(H,20,23). The Bertz CT molecular complexity index is 618. The van der Waals surface area contributed by atoms with Gasteiger partial charge in [-0.05, 0) is 49.8 Å². The molecule has 1 unspecified atom stereocenters. The molecule has 1 aromatic rings. The van der Waals surface area contributed by atoms with Gasteiger partial charge in [-0.3, -0.25) is 9.59 Å². The summed E-state index contributed by atoms with van der Waals surface area (Å²) in [5.74, 6) is 0.189. The molecule has 0 aromatic heterocycles. The predicted octanol–water partition coefficient (Wildman–Crippen LogP) is 1.13. The van der Waals surface area contributed by atoms with Gasteiger partial charge < -0.3 is 24.8 Å². The Balaban J connectivity index is 1.87. The third kappa shape index (κ3) is 5.11. The van der Waals surface area contributed by atoms with E-state index in [2.05, 4.69) is 5.32 Å². The number of aliphatic hydroxyl groups is 1. The number of piperidine rings is 1. The first-order valence-electron chi connectivity index (χ1n) is 9.01. The van der Waals surface area contributed by atoms with E-state index in [1.807, 2.05) is 18.2 Å². The van der Waals surface area contributed by atoms with Crippen molar-refractivity contribution in [1.82, 2.24) is 10.2 Å². The van der Waals surface area contributed by atoms with Crippen molar-refractivity contribution in [3.05, 3.63) is 23.8 Å². The second kappa shape index (κ2) is 10.0. The second-order valence-electron chi connectivity index (χ2n) is 6.36. The van der Waals surface area contributed by atoms with Crippen LogP contribution in [0.5, 0.6) is 11.5 Å². The van der Waals surface area contributed by atoms with Crippen molar-refractivity contribution in [3.63, 3.8) is 0 Å². The third-order valence-corrected chi connectivity index (χ3v) is 4.69. The molecule has 1 aromatic carbocycles. The maximum atomic E-state index is 12.4. The van der Waals surface area contributed by atoms with Gasteiger partial charge in [-0.15, -0.1) is 0 Å². The van der Waals surface area contributed by atoms with E-state index < -0.39 is 11.8 Å². The van der Waals surface area contributed by atoms with E-state index in [-0.39, 0.29) is 12.6 Å². The molecule has 7 nitrogen and oxygen atoms in total. The summed E-state index contributed by atoms with van der Waals surface area (Å²) in [6.07, 6.45) is 3.86. The molecule has 1 atom stereocenters. The van der Waals surface area contributed by atoms with Crippen LogP contribution in [0, 0.1) is 0 Å². The van der Waals surface area contributed by atoms with Crippen LogP contribution in [0.3, 0.4) is 0 Å². The van der Waals surface area contributed by atoms with Gasteiger partial charge in [0.25, 0.3) is 0 Å². The van der Waals surface area contributed by atoms with Crippen molar-refractivity contribution in [2.75, 3.05) is 33.9 Å². The molecule has 26 heavy (non-hydrogen) atoms. The SMILES string of the molecule is COc1ccc(CCNC(=O)C(=O)N2CCCCC2CCO)cc1OC. The number of likely N-dealkylation sites (tertiary alicyclic amines) is 1. The molecular weight excluding hydrogens is 336 g/mol. The topological polar surface area (TPSA) is 88.1 Å². The molecule has 2 amide bonds. The van der Waals surface area contributed by atoms with E-state index >= 15 is 0 Å². The second-order valence-corrected chi connectivity index (χ2v) is 6.36. The highest BCUT2D eigenvalue weighted by molar-refractivity contribution is 6.35. The van der Waals surface area contributed by atoms with Gasteiger partial charge >= 0.3 is 11.8 Å². The summed E-state index contributed by atoms with van der Waals surface area (Å²) in [4.78, 5) is 26.2. The lowest BCUT2D eigenvalue weighted by Crippen LogP contribution is -2.50. The number of rotatable bonds is 7. The normalized spacial score (nSPS) is 16.9. The summed E-state index contributed by atoms with van der Waals surface area (Å²) in [5.41, 5.74) is 0.978. The number of hydrogen-bond donors (Lipinski definition) is 2. The fraction of sp³-hybridized carbons (Fsp3) is 0.579. The van der Waals surface area contributed by atoms with Gasteiger partial charge in [-0.25, -0.2) is 0 Å². The van der Waals surface area contributed by atoms with Crippen LogP contribution < -0.4 is 14.8 Å². The van der Waals surface area contributed by atoms with E-state index in [4.69, 9.17) is 14.6 Å². The number of ether oxygens (including phenoxy) is 2. The molecule has 1 aliphatic heterocycles. The molecule has 0 aliphatic carbocycles.